The first kappa shape index (κ1) is 17.9. The van der Waals surface area contributed by atoms with Gasteiger partial charge < -0.3 is 5.32 Å². The Kier molecular flexibility index (Phi) is 4.43. The van der Waals surface area contributed by atoms with Gasteiger partial charge in [0.2, 0.25) is 5.91 Å². The van der Waals surface area contributed by atoms with E-state index in [4.69, 9.17) is 0 Å². The van der Waals surface area contributed by atoms with Crippen LogP contribution in [0.1, 0.15) is 40.7 Å². The number of hydrogen-bond acceptors (Lipinski definition) is 5. The Bertz CT molecular complexity index is 1140. The third-order valence-electron chi connectivity index (χ3n) is 5.30. The largest absolute Gasteiger partial charge is 0.301 e. The van der Waals surface area contributed by atoms with E-state index in [2.05, 4.69) is 22.4 Å². The summed E-state index contributed by atoms with van der Waals surface area (Å²) < 4.78 is 0. The molecule has 1 amide bonds. The van der Waals surface area contributed by atoms with E-state index in [1.165, 1.54) is 11.3 Å². The molecule has 0 saturated heterocycles. The molecule has 2 aromatic carbocycles. The average Bonchev–Trinajstić information content (AvgIpc) is 3.32. The highest BCUT2D eigenvalue weighted by atomic mass is 32.1. The zero-order valence-electron chi connectivity index (χ0n) is 15.1. The van der Waals surface area contributed by atoms with Gasteiger partial charge in [0, 0.05) is 17.5 Å². The van der Waals surface area contributed by atoms with Gasteiger partial charge in [0.25, 0.3) is 0 Å². The molecule has 1 N–H and O–H groups in total. The van der Waals surface area contributed by atoms with Crippen molar-refractivity contribution in [2.75, 3.05) is 5.32 Å². The molecule has 136 valence electrons. The van der Waals surface area contributed by atoms with Crippen LogP contribution in [0.4, 0.5) is 5.13 Å². The number of benzene rings is 2. The molecule has 0 fully saturated rings. The van der Waals surface area contributed by atoms with Crippen LogP contribution in [0.2, 0.25) is 0 Å². The molecule has 28 heavy (non-hydrogen) atoms. The normalized spacial score (nSPS) is 20.0. The minimum Gasteiger partial charge on any atom is -0.301 e. The highest BCUT2D eigenvalue weighted by molar-refractivity contribution is 7.13. The molecule has 1 aromatic heterocycles. The smallest absolute Gasteiger partial charge is 0.233 e. The lowest BCUT2D eigenvalue weighted by Crippen LogP contribution is -2.37. The number of carbonyl (C=O) groups is 1. The molecule has 6 heteroatoms. The van der Waals surface area contributed by atoms with Gasteiger partial charge in [-0.1, -0.05) is 18.2 Å². The summed E-state index contributed by atoms with van der Waals surface area (Å²) in [6.45, 7) is 1.94. The monoisotopic (exact) mass is 384 g/mol. The number of nitrogens with one attached hydrogen (secondary N) is 1. The number of thiazole rings is 1. The number of rotatable bonds is 3. The third kappa shape index (κ3) is 2.94. The number of anilines is 1. The van der Waals surface area contributed by atoms with E-state index in [9.17, 15) is 15.3 Å². The van der Waals surface area contributed by atoms with Crippen molar-refractivity contribution in [2.45, 2.75) is 19.3 Å². The van der Waals surface area contributed by atoms with Crippen molar-refractivity contribution in [3.05, 3.63) is 81.9 Å². The molecule has 0 spiro atoms. The van der Waals surface area contributed by atoms with Crippen LogP contribution in [0.5, 0.6) is 0 Å². The van der Waals surface area contributed by atoms with E-state index in [1.54, 1.807) is 18.3 Å². The number of nitrogens with zero attached hydrogens (tertiary/aromatic N) is 3. The second-order valence-corrected chi connectivity index (χ2v) is 7.98. The van der Waals surface area contributed by atoms with Gasteiger partial charge in [0.15, 0.2) is 5.13 Å². The number of hydrogen-bond donors (Lipinski definition) is 1. The predicted octanol–water partition coefficient (Wildman–Crippen LogP) is 4.22. The lowest BCUT2D eigenvalue weighted by Gasteiger charge is -2.31. The van der Waals surface area contributed by atoms with E-state index in [0.29, 0.717) is 22.7 Å². The van der Waals surface area contributed by atoms with Gasteiger partial charge >= 0.3 is 0 Å². The summed E-state index contributed by atoms with van der Waals surface area (Å²) in [4.78, 5) is 17.5. The van der Waals surface area contributed by atoms with Crippen molar-refractivity contribution >= 4 is 22.4 Å². The number of nitriles is 2. The minimum atomic E-state index is -0.768. The van der Waals surface area contributed by atoms with Crippen LogP contribution in [0.3, 0.4) is 0 Å². The standard InChI is InChI=1S/C22H16N4OS/c1-22(20(27)26-21-25-7-8-28-21)11-17-6-5-15(13-24)10-18(17)19(22)16-4-2-3-14(9-16)12-23/h2-10,19H,11H2,1H3,(H,25,26,27)/t19-,22+/m1/s1. The molecule has 0 aliphatic heterocycles. The van der Waals surface area contributed by atoms with Gasteiger partial charge in [-0.25, -0.2) is 4.98 Å². The molecule has 0 radical (unpaired) electrons. The molecule has 3 aromatic rings. The lowest BCUT2D eigenvalue weighted by atomic mass is 9.73. The van der Waals surface area contributed by atoms with Crippen molar-refractivity contribution in [2.24, 2.45) is 5.41 Å². The van der Waals surface area contributed by atoms with E-state index >= 15 is 0 Å². The Morgan fingerprint density at radius 2 is 2.00 bits per heavy atom. The van der Waals surface area contributed by atoms with Crippen molar-refractivity contribution in [1.29, 1.82) is 10.5 Å². The van der Waals surface area contributed by atoms with Crippen LogP contribution >= 0.6 is 11.3 Å². The van der Waals surface area contributed by atoms with Crippen molar-refractivity contribution in [3.63, 3.8) is 0 Å². The van der Waals surface area contributed by atoms with E-state index in [1.807, 2.05) is 42.6 Å². The van der Waals surface area contributed by atoms with Crippen LogP contribution < -0.4 is 5.32 Å². The van der Waals surface area contributed by atoms with Crippen LogP contribution in [-0.4, -0.2) is 10.9 Å². The SMILES string of the molecule is C[C@]1(C(=O)Nc2nccs2)Cc2ccc(C#N)cc2[C@H]1c1cccc(C#N)c1. The molecule has 1 heterocycles. The number of fused-ring (bicyclic) bond motifs is 1. The summed E-state index contributed by atoms with van der Waals surface area (Å²) in [6.07, 6.45) is 2.20. The second-order valence-electron chi connectivity index (χ2n) is 7.08. The van der Waals surface area contributed by atoms with Gasteiger partial charge in [0.05, 0.1) is 28.7 Å². The summed E-state index contributed by atoms with van der Waals surface area (Å²) in [5.74, 6) is -0.381. The van der Waals surface area contributed by atoms with Crippen molar-refractivity contribution < 1.29 is 4.79 Å². The molecular formula is C22H16N4OS. The lowest BCUT2D eigenvalue weighted by molar-refractivity contribution is -0.125. The number of aromatic nitrogens is 1. The molecule has 0 unspecified atom stereocenters. The maximum atomic E-state index is 13.3. The first-order chi connectivity index (χ1) is 13.5. The Labute approximate surface area is 166 Å². The van der Waals surface area contributed by atoms with E-state index < -0.39 is 5.41 Å². The van der Waals surface area contributed by atoms with Gasteiger partial charge in [-0.3, -0.25) is 4.79 Å². The highest BCUT2D eigenvalue weighted by Gasteiger charge is 2.49. The summed E-state index contributed by atoms with van der Waals surface area (Å²) in [6, 6.07) is 17.3. The van der Waals surface area contributed by atoms with Crippen LogP contribution in [0, 0.1) is 28.1 Å². The fourth-order valence-corrected chi connectivity index (χ4v) is 4.53. The Morgan fingerprint density at radius 3 is 2.71 bits per heavy atom. The van der Waals surface area contributed by atoms with Gasteiger partial charge in [-0.2, -0.15) is 10.5 Å². The average molecular weight is 384 g/mol. The molecule has 0 saturated carbocycles. The number of amides is 1. The quantitative estimate of drug-likeness (QED) is 0.732. The number of carbonyl (C=O) groups excluding carboxylic acids is 1. The molecular weight excluding hydrogens is 368 g/mol. The second kappa shape index (κ2) is 6.92. The summed E-state index contributed by atoms with van der Waals surface area (Å²) in [7, 11) is 0. The molecule has 5 nitrogen and oxygen atoms in total. The predicted molar refractivity (Wildman–Crippen MR) is 107 cm³/mol. The summed E-state index contributed by atoms with van der Waals surface area (Å²) in [5.41, 5.74) is 3.24. The Balaban J connectivity index is 1.84. The van der Waals surface area contributed by atoms with Crippen LogP contribution in [-0.2, 0) is 11.2 Å². The highest BCUT2D eigenvalue weighted by Crippen LogP contribution is 2.51. The van der Waals surface area contributed by atoms with Crippen molar-refractivity contribution in [1.82, 2.24) is 4.98 Å². The molecule has 0 bridgehead atoms. The third-order valence-corrected chi connectivity index (χ3v) is 5.99. The summed E-state index contributed by atoms with van der Waals surface area (Å²) in [5, 5.41) is 24.0. The van der Waals surface area contributed by atoms with E-state index in [-0.39, 0.29) is 11.8 Å². The maximum absolute atomic E-state index is 13.3. The Morgan fingerprint density at radius 1 is 1.21 bits per heavy atom. The van der Waals surface area contributed by atoms with E-state index in [0.717, 1.165) is 16.7 Å². The fourth-order valence-electron chi connectivity index (χ4n) is 4.01. The molecule has 1 aliphatic carbocycles. The maximum Gasteiger partial charge on any atom is 0.233 e. The zero-order valence-corrected chi connectivity index (χ0v) is 16.0. The van der Waals surface area contributed by atoms with Crippen LogP contribution in [0.25, 0.3) is 0 Å². The molecule has 4 rings (SSSR count). The first-order valence-electron chi connectivity index (χ1n) is 8.79. The molecule has 1 aliphatic rings. The first-order valence-corrected chi connectivity index (χ1v) is 9.67. The van der Waals surface area contributed by atoms with Gasteiger partial charge in [0.1, 0.15) is 0 Å². The van der Waals surface area contributed by atoms with Crippen molar-refractivity contribution in [3.8, 4) is 12.1 Å². The Hall–Kier alpha value is -3.48. The minimum absolute atomic E-state index is 0.121. The van der Waals surface area contributed by atoms with Crippen LogP contribution in [0.15, 0.2) is 54.0 Å². The summed E-state index contributed by atoms with van der Waals surface area (Å²) >= 11 is 1.37. The van der Waals surface area contributed by atoms with Gasteiger partial charge in [-0.05, 0) is 54.3 Å². The zero-order chi connectivity index (χ0) is 19.7. The topological polar surface area (TPSA) is 89.6 Å². The fraction of sp³-hybridized carbons (Fsp3) is 0.182. The van der Waals surface area contributed by atoms with Gasteiger partial charge in [-0.15, -0.1) is 11.3 Å². The molecule has 2 atom stereocenters.